The fourth-order valence-corrected chi connectivity index (χ4v) is 7.26. The number of carbonyl (C=O) groups is 8. The summed E-state index contributed by atoms with van der Waals surface area (Å²) in [7, 11) is 0. The zero-order valence-corrected chi connectivity index (χ0v) is 27.9. The van der Waals surface area contributed by atoms with E-state index in [1.165, 1.54) is 38.2 Å². The minimum Gasteiger partial charge on any atom is -0.275 e. The predicted octanol–water partition coefficient (Wildman–Crippen LogP) is 3.19. The number of nitrogens with zero attached hydrogens (tertiary/aromatic N) is 4. The SMILES string of the molecule is CC1=CC(=O)N(CCc2cccc(Sc3cccc(CCN4C(=O)C=C(C)C4=O)c3N3C(=O)C=C(C)C3=O)c2N2C(=O)C=C(C)C2=O)C1=O. The number of anilines is 2. The van der Waals surface area contributed by atoms with E-state index in [2.05, 4.69) is 0 Å². The first-order valence-electron chi connectivity index (χ1n) is 15.4. The molecule has 0 saturated heterocycles. The first-order chi connectivity index (χ1) is 23.3. The van der Waals surface area contributed by atoms with Crippen LogP contribution >= 0.6 is 11.8 Å². The molecule has 49 heavy (non-hydrogen) atoms. The highest BCUT2D eigenvalue weighted by Crippen LogP contribution is 2.45. The van der Waals surface area contributed by atoms with Gasteiger partial charge in [-0.3, -0.25) is 48.2 Å². The van der Waals surface area contributed by atoms with Crippen molar-refractivity contribution in [3.05, 3.63) is 94.1 Å². The molecule has 0 saturated carbocycles. The van der Waals surface area contributed by atoms with E-state index in [1.54, 1.807) is 50.2 Å². The molecule has 6 rings (SSSR count). The van der Waals surface area contributed by atoms with Crippen molar-refractivity contribution in [2.75, 3.05) is 22.9 Å². The molecular weight excluding hydrogens is 648 g/mol. The summed E-state index contributed by atoms with van der Waals surface area (Å²) in [6.45, 7) is 6.16. The van der Waals surface area contributed by atoms with Gasteiger partial charge in [0.2, 0.25) is 0 Å². The molecule has 4 heterocycles. The number of rotatable bonds is 10. The van der Waals surface area contributed by atoms with Crippen LogP contribution in [0.15, 0.2) is 92.8 Å². The molecule has 0 atom stereocenters. The molecule has 13 heteroatoms. The van der Waals surface area contributed by atoms with Crippen molar-refractivity contribution >= 4 is 70.4 Å². The van der Waals surface area contributed by atoms with Crippen LogP contribution in [0.4, 0.5) is 11.4 Å². The smallest absolute Gasteiger partial charge is 0.261 e. The third-order valence-electron chi connectivity index (χ3n) is 8.62. The summed E-state index contributed by atoms with van der Waals surface area (Å²) in [6, 6.07) is 10.2. The Balaban J connectivity index is 1.41. The summed E-state index contributed by atoms with van der Waals surface area (Å²) in [5.74, 6) is -3.94. The molecule has 12 nitrogen and oxygen atoms in total. The van der Waals surface area contributed by atoms with Gasteiger partial charge in [0.05, 0.1) is 11.4 Å². The molecule has 4 aliphatic heterocycles. The van der Waals surface area contributed by atoms with E-state index < -0.39 is 47.3 Å². The molecule has 2 aromatic rings. The molecule has 4 aliphatic rings. The molecule has 0 aromatic heterocycles. The average Bonchev–Trinajstić information content (AvgIpc) is 3.65. The van der Waals surface area contributed by atoms with Crippen LogP contribution in [0.1, 0.15) is 38.8 Å². The normalized spacial score (nSPS) is 18.0. The van der Waals surface area contributed by atoms with Gasteiger partial charge in [0.25, 0.3) is 47.3 Å². The Labute approximate surface area is 285 Å². The largest absolute Gasteiger partial charge is 0.275 e. The lowest BCUT2D eigenvalue weighted by molar-refractivity contribution is -0.138. The van der Waals surface area contributed by atoms with Crippen molar-refractivity contribution in [2.24, 2.45) is 0 Å². The number of amides is 8. The van der Waals surface area contributed by atoms with E-state index in [0.717, 1.165) is 31.4 Å². The van der Waals surface area contributed by atoms with Crippen molar-refractivity contribution in [3.8, 4) is 0 Å². The number of benzene rings is 2. The number of para-hydroxylation sites is 2. The summed E-state index contributed by atoms with van der Waals surface area (Å²) in [5, 5.41) is 0. The number of carbonyl (C=O) groups excluding carboxylic acids is 8. The van der Waals surface area contributed by atoms with Crippen LogP contribution in [0.3, 0.4) is 0 Å². The first kappa shape index (κ1) is 33.2. The Hall–Kier alpha value is -5.69. The van der Waals surface area contributed by atoms with Gasteiger partial charge >= 0.3 is 0 Å². The molecule has 0 N–H and O–H groups in total. The van der Waals surface area contributed by atoms with Crippen molar-refractivity contribution in [2.45, 2.75) is 50.3 Å². The Morgan fingerprint density at radius 1 is 0.469 bits per heavy atom. The van der Waals surface area contributed by atoms with Crippen LogP contribution in [0.5, 0.6) is 0 Å². The topological polar surface area (TPSA) is 150 Å². The summed E-state index contributed by atoms with van der Waals surface area (Å²) in [6.07, 6.45) is 5.23. The number of hydrogen-bond donors (Lipinski definition) is 0. The summed E-state index contributed by atoms with van der Waals surface area (Å²) < 4.78 is 0. The van der Waals surface area contributed by atoms with E-state index in [1.807, 2.05) is 0 Å². The van der Waals surface area contributed by atoms with Gasteiger partial charge in [-0.2, -0.15) is 0 Å². The monoisotopic (exact) mass is 678 g/mol. The van der Waals surface area contributed by atoms with Crippen molar-refractivity contribution in [1.82, 2.24) is 9.80 Å². The summed E-state index contributed by atoms with van der Waals surface area (Å²) in [5.41, 5.74) is 2.61. The van der Waals surface area contributed by atoms with Crippen molar-refractivity contribution in [1.29, 1.82) is 0 Å². The van der Waals surface area contributed by atoms with Crippen molar-refractivity contribution < 1.29 is 38.4 Å². The highest BCUT2D eigenvalue weighted by molar-refractivity contribution is 7.99. The van der Waals surface area contributed by atoms with E-state index in [-0.39, 0.29) is 48.5 Å². The van der Waals surface area contributed by atoms with Gasteiger partial charge in [-0.25, -0.2) is 9.80 Å². The van der Waals surface area contributed by atoms with Crippen LogP contribution in [0.2, 0.25) is 0 Å². The Kier molecular flexibility index (Phi) is 8.63. The van der Waals surface area contributed by atoms with Gasteiger partial charge in [0.15, 0.2) is 0 Å². The third kappa shape index (κ3) is 5.86. The molecule has 8 amide bonds. The zero-order chi connectivity index (χ0) is 35.3. The van der Waals surface area contributed by atoms with Crippen LogP contribution in [0, 0.1) is 0 Å². The summed E-state index contributed by atoms with van der Waals surface area (Å²) in [4.78, 5) is 108. The Morgan fingerprint density at radius 3 is 1.12 bits per heavy atom. The standard InChI is InChI=1S/C36H30N4O8S/c1-19-15-27(41)37(33(19)45)13-11-23-7-5-9-25(31(23)39-29(43)17-21(3)35(39)47)49-26-10-6-8-24(12-14-38-28(42)16-20(2)34(38)46)32(26)40-30(44)18-22(4)36(40)48/h5-10,15-18H,11-14H2,1-4H3. The lowest BCUT2D eigenvalue weighted by atomic mass is 10.1. The van der Waals surface area contributed by atoms with Crippen LogP contribution in [-0.2, 0) is 51.2 Å². The predicted molar refractivity (Wildman–Crippen MR) is 178 cm³/mol. The molecule has 0 bridgehead atoms. The minimum absolute atomic E-state index is 0.00000695. The first-order valence-corrected chi connectivity index (χ1v) is 16.2. The highest BCUT2D eigenvalue weighted by Gasteiger charge is 2.37. The van der Waals surface area contributed by atoms with Gasteiger partial charge in [0.1, 0.15) is 0 Å². The quantitative estimate of drug-likeness (QED) is 0.346. The van der Waals surface area contributed by atoms with Crippen molar-refractivity contribution in [3.63, 3.8) is 0 Å². The van der Waals surface area contributed by atoms with Gasteiger partial charge < -0.3 is 0 Å². The molecular formula is C36H30N4O8S. The van der Waals surface area contributed by atoms with Gasteiger partial charge in [0, 0.05) is 69.5 Å². The van der Waals surface area contributed by atoms with E-state index in [0.29, 0.717) is 32.1 Å². The van der Waals surface area contributed by atoms with E-state index in [4.69, 9.17) is 0 Å². The third-order valence-corrected chi connectivity index (χ3v) is 9.72. The van der Waals surface area contributed by atoms with Gasteiger partial charge in [-0.15, -0.1) is 0 Å². The minimum atomic E-state index is -0.565. The number of hydrogen-bond acceptors (Lipinski definition) is 9. The second kappa shape index (κ2) is 12.7. The van der Waals surface area contributed by atoms with Crippen LogP contribution < -0.4 is 9.80 Å². The highest BCUT2D eigenvalue weighted by atomic mass is 32.2. The second-order valence-corrected chi connectivity index (χ2v) is 13.1. The lowest BCUT2D eigenvalue weighted by Gasteiger charge is -2.26. The van der Waals surface area contributed by atoms with E-state index in [9.17, 15) is 38.4 Å². The van der Waals surface area contributed by atoms with Gasteiger partial charge in [-0.1, -0.05) is 36.0 Å². The fraction of sp³-hybridized carbons (Fsp3) is 0.222. The maximum absolute atomic E-state index is 13.4. The van der Waals surface area contributed by atoms with Crippen LogP contribution in [-0.4, -0.2) is 70.1 Å². The number of imide groups is 4. The molecule has 0 aliphatic carbocycles. The summed E-state index contributed by atoms with van der Waals surface area (Å²) >= 11 is 1.12. The second-order valence-electron chi connectivity index (χ2n) is 12.0. The molecule has 0 spiro atoms. The Morgan fingerprint density at radius 2 is 0.816 bits per heavy atom. The molecule has 0 fully saturated rings. The molecule has 0 unspecified atom stereocenters. The maximum atomic E-state index is 13.4. The molecule has 248 valence electrons. The lowest BCUT2D eigenvalue weighted by Crippen LogP contribution is -2.35. The zero-order valence-electron chi connectivity index (χ0n) is 27.1. The van der Waals surface area contributed by atoms with Crippen LogP contribution in [0.25, 0.3) is 0 Å². The average molecular weight is 679 g/mol. The van der Waals surface area contributed by atoms with E-state index >= 15 is 0 Å². The molecule has 0 radical (unpaired) electrons. The fourth-order valence-electron chi connectivity index (χ4n) is 6.09. The Bertz CT molecular complexity index is 1930. The molecule has 2 aromatic carbocycles. The maximum Gasteiger partial charge on any atom is 0.261 e. The van der Waals surface area contributed by atoms with Gasteiger partial charge in [-0.05, 0) is 63.8 Å².